The number of halogens is 3. The molecule has 0 saturated carbocycles. The first-order valence-electron chi connectivity index (χ1n) is 8.45. The summed E-state index contributed by atoms with van der Waals surface area (Å²) in [5, 5.41) is 7.46. The summed E-state index contributed by atoms with van der Waals surface area (Å²) < 4.78 is 46.6. The van der Waals surface area contributed by atoms with Gasteiger partial charge in [0.05, 0.1) is 25.5 Å². The Hall–Kier alpha value is -1.98. The maximum Gasteiger partial charge on any atom is 0.433 e. The molecule has 142 valence electrons. The van der Waals surface area contributed by atoms with Crippen LogP contribution in [0.1, 0.15) is 6.42 Å². The first-order valence-corrected chi connectivity index (χ1v) is 8.45. The van der Waals surface area contributed by atoms with Crippen LogP contribution in [0.25, 0.3) is 0 Å². The Morgan fingerprint density at radius 3 is 2.46 bits per heavy atom. The third-order valence-electron chi connectivity index (χ3n) is 5.03. The molecule has 2 saturated heterocycles. The highest BCUT2D eigenvalue weighted by Crippen LogP contribution is 2.34. The molecule has 11 heteroatoms. The molecule has 2 fully saturated rings. The lowest BCUT2D eigenvalue weighted by molar-refractivity contribution is -0.0939. The van der Waals surface area contributed by atoms with Gasteiger partial charge in [0.1, 0.15) is 17.2 Å². The van der Waals surface area contributed by atoms with Gasteiger partial charge < -0.3 is 15.4 Å². The highest BCUT2D eigenvalue weighted by Gasteiger charge is 2.43. The number of ether oxygens (including phenoxy) is 1. The number of piperazine rings is 1. The molecule has 26 heavy (non-hydrogen) atoms. The summed E-state index contributed by atoms with van der Waals surface area (Å²) in [6.07, 6.45) is -0.680. The van der Waals surface area contributed by atoms with Crippen molar-refractivity contribution in [2.24, 2.45) is 10.7 Å². The summed E-state index contributed by atoms with van der Waals surface area (Å²) >= 11 is 0. The van der Waals surface area contributed by atoms with E-state index in [0.29, 0.717) is 25.0 Å². The number of rotatable bonds is 2. The van der Waals surface area contributed by atoms with Crippen molar-refractivity contribution in [2.45, 2.75) is 24.3 Å². The fourth-order valence-corrected chi connectivity index (χ4v) is 3.44. The molecule has 0 spiro atoms. The number of allylic oxidation sites excluding steroid dienone is 1. The van der Waals surface area contributed by atoms with E-state index in [1.807, 2.05) is 4.90 Å². The van der Waals surface area contributed by atoms with Crippen LogP contribution < -0.4 is 5.73 Å². The van der Waals surface area contributed by atoms with Gasteiger partial charge in [0, 0.05) is 38.8 Å². The first-order chi connectivity index (χ1) is 12.4. The lowest BCUT2D eigenvalue weighted by atomic mass is 10.0. The van der Waals surface area contributed by atoms with Gasteiger partial charge in [0.25, 0.3) is 0 Å². The van der Waals surface area contributed by atoms with Crippen LogP contribution in [0, 0.1) is 0 Å². The van der Waals surface area contributed by atoms with Gasteiger partial charge in [-0.05, 0) is 6.08 Å². The van der Waals surface area contributed by atoms with Crippen molar-refractivity contribution < 1.29 is 17.9 Å². The van der Waals surface area contributed by atoms with Gasteiger partial charge in [0.2, 0.25) is 0 Å². The summed E-state index contributed by atoms with van der Waals surface area (Å²) in [5.41, 5.74) is 3.82. The van der Waals surface area contributed by atoms with Crippen LogP contribution in [0.5, 0.6) is 0 Å². The van der Waals surface area contributed by atoms with E-state index in [1.54, 1.807) is 0 Å². The van der Waals surface area contributed by atoms with E-state index >= 15 is 0 Å². The van der Waals surface area contributed by atoms with Gasteiger partial charge in [-0.3, -0.25) is 4.90 Å². The van der Waals surface area contributed by atoms with Crippen LogP contribution >= 0.6 is 0 Å². The Kier molecular flexibility index (Phi) is 4.24. The van der Waals surface area contributed by atoms with Gasteiger partial charge in [-0.1, -0.05) is 5.21 Å². The molecule has 0 aromatic carbocycles. The van der Waals surface area contributed by atoms with Crippen molar-refractivity contribution in [1.82, 2.24) is 24.8 Å². The van der Waals surface area contributed by atoms with Crippen molar-refractivity contribution >= 4 is 5.84 Å². The molecule has 2 N–H and O–H groups in total. The topological polar surface area (TPSA) is 84.8 Å². The van der Waals surface area contributed by atoms with Crippen molar-refractivity contribution in [3.63, 3.8) is 0 Å². The second-order valence-corrected chi connectivity index (χ2v) is 6.79. The van der Waals surface area contributed by atoms with E-state index in [-0.39, 0.29) is 6.42 Å². The average molecular weight is 371 g/mol. The van der Waals surface area contributed by atoms with E-state index in [9.17, 15) is 13.2 Å². The highest BCUT2D eigenvalue weighted by atomic mass is 19.4. The van der Waals surface area contributed by atoms with Crippen LogP contribution in [-0.2, 0) is 10.4 Å². The molecule has 8 nitrogen and oxygen atoms in total. The summed E-state index contributed by atoms with van der Waals surface area (Å²) in [7, 11) is 0. The van der Waals surface area contributed by atoms with Crippen molar-refractivity contribution in [1.29, 1.82) is 0 Å². The monoisotopic (exact) mass is 371 g/mol. The minimum atomic E-state index is -4.58. The van der Waals surface area contributed by atoms with Gasteiger partial charge in [-0.2, -0.15) is 13.2 Å². The van der Waals surface area contributed by atoms with Crippen molar-refractivity contribution in [3.05, 3.63) is 24.2 Å². The maximum atomic E-state index is 13.4. The van der Waals surface area contributed by atoms with Crippen LogP contribution in [0.3, 0.4) is 0 Å². The lowest BCUT2D eigenvalue weighted by Gasteiger charge is -2.44. The largest absolute Gasteiger partial charge is 0.433 e. The zero-order chi connectivity index (χ0) is 18.4. The Bertz CT molecular complexity index is 705. The Morgan fingerprint density at radius 1 is 1.19 bits per heavy atom. The molecular weight excluding hydrogens is 351 g/mol. The fourth-order valence-electron chi connectivity index (χ4n) is 3.44. The van der Waals surface area contributed by atoms with Gasteiger partial charge >= 0.3 is 6.18 Å². The molecule has 3 aliphatic heterocycles. The molecule has 0 radical (unpaired) electrons. The summed E-state index contributed by atoms with van der Waals surface area (Å²) in [6.45, 7) is 4.18. The van der Waals surface area contributed by atoms with E-state index in [1.165, 1.54) is 17.1 Å². The fraction of sp³-hybridized carbons (Fsp3) is 0.667. The molecule has 0 aliphatic carbocycles. The SMILES string of the molecule is NC1(n2ccnn2)C=C(C(F)(F)F)N=C(N2CCN(C3COC3)CC2)C1. The highest BCUT2D eigenvalue weighted by molar-refractivity contribution is 5.85. The number of aliphatic imine (C=N–C) groups is 1. The summed E-state index contributed by atoms with van der Waals surface area (Å²) in [6, 6.07) is 0.417. The Morgan fingerprint density at radius 2 is 1.92 bits per heavy atom. The average Bonchev–Trinajstić information content (AvgIpc) is 3.08. The number of hydrogen-bond donors (Lipinski definition) is 1. The second kappa shape index (κ2) is 6.32. The van der Waals surface area contributed by atoms with Crippen LogP contribution in [-0.4, -0.2) is 82.2 Å². The molecule has 0 bridgehead atoms. The summed E-state index contributed by atoms with van der Waals surface area (Å²) in [4.78, 5) is 8.06. The van der Waals surface area contributed by atoms with Crippen LogP contribution in [0.15, 0.2) is 29.2 Å². The van der Waals surface area contributed by atoms with E-state index in [0.717, 1.165) is 32.4 Å². The molecule has 1 aromatic rings. The standard InChI is InChI=1S/C15H20F3N7O/c16-15(17,18)12-7-14(19,25-2-1-20-22-25)8-13(21-12)24-5-3-23(4-6-24)11-9-26-10-11/h1-2,7,11H,3-6,8-10,19H2. The molecule has 0 amide bonds. The first kappa shape index (κ1) is 17.4. The number of aromatic nitrogens is 3. The minimum absolute atomic E-state index is 0.127. The Labute approximate surface area is 148 Å². The third-order valence-corrected chi connectivity index (χ3v) is 5.03. The molecule has 1 atom stereocenters. The minimum Gasteiger partial charge on any atom is -0.378 e. The van der Waals surface area contributed by atoms with Crippen LogP contribution in [0.2, 0.25) is 0 Å². The Balaban J connectivity index is 1.55. The van der Waals surface area contributed by atoms with E-state index in [2.05, 4.69) is 20.2 Å². The molecule has 1 unspecified atom stereocenters. The molecule has 1 aromatic heterocycles. The second-order valence-electron chi connectivity index (χ2n) is 6.79. The van der Waals surface area contributed by atoms with Gasteiger partial charge in [-0.25, -0.2) is 9.67 Å². The van der Waals surface area contributed by atoms with E-state index in [4.69, 9.17) is 10.5 Å². The van der Waals surface area contributed by atoms with E-state index < -0.39 is 17.5 Å². The number of hydrogen-bond acceptors (Lipinski definition) is 7. The lowest BCUT2D eigenvalue weighted by Crippen LogP contribution is -2.58. The zero-order valence-corrected chi connectivity index (χ0v) is 14.1. The van der Waals surface area contributed by atoms with Crippen LogP contribution in [0.4, 0.5) is 13.2 Å². The summed E-state index contributed by atoms with van der Waals surface area (Å²) in [5.74, 6) is 0.335. The number of alkyl halides is 3. The normalized spacial score (nSPS) is 28.5. The van der Waals surface area contributed by atoms with Crippen molar-refractivity contribution in [3.8, 4) is 0 Å². The van der Waals surface area contributed by atoms with Gasteiger partial charge in [0.15, 0.2) is 0 Å². The molecule has 4 rings (SSSR count). The van der Waals surface area contributed by atoms with Crippen molar-refractivity contribution in [2.75, 3.05) is 39.4 Å². The quantitative estimate of drug-likeness (QED) is 0.797. The third kappa shape index (κ3) is 3.21. The number of nitrogens with two attached hydrogens (primary N) is 1. The maximum absolute atomic E-state index is 13.4. The number of amidine groups is 1. The predicted molar refractivity (Wildman–Crippen MR) is 86.1 cm³/mol. The predicted octanol–water partition coefficient (Wildman–Crippen LogP) is 0.154. The molecule has 4 heterocycles. The number of nitrogens with zero attached hydrogens (tertiary/aromatic N) is 6. The zero-order valence-electron chi connectivity index (χ0n) is 14.1. The molecular formula is C15H20F3N7O. The molecule has 3 aliphatic rings. The smallest absolute Gasteiger partial charge is 0.378 e. The van der Waals surface area contributed by atoms with Gasteiger partial charge in [-0.15, -0.1) is 5.10 Å².